The quantitative estimate of drug-likeness (QED) is 0.579. The second kappa shape index (κ2) is 8.14. The van der Waals surface area contributed by atoms with Crippen molar-refractivity contribution in [2.75, 3.05) is 10.7 Å². The number of rotatable bonds is 5. The van der Waals surface area contributed by atoms with Crippen LogP contribution in [-0.4, -0.2) is 22.2 Å². The van der Waals surface area contributed by atoms with Gasteiger partial charge in [0.05, 0.1) is 5.69 Å². The summed E-state index contributed by atoms with van der Waals surface area (Å²) in [4.78, 5) is 24.7. The van der Waals surface area contributed by atoms with Crippen LogP contribution in [0.15, 0.2) is 77.9 Å². The molecule has 1 heterocycles. The molecule has 7 heteroatoms. The molecule has 1 saturated heterocycles. The van der Waals surface area contributed by atoms with E-state index in [9.17, 15) is 9.59 Å². The number of hydrazone groups is 1. The summed E-state index contributed by atoms with van der Waals surface area (Å²) in [6.45, 7) is 0. The van der Waals surface area contributed by atoms with Crippen molar-refractivity contribution in [1.82, 2.24) is 5.32 Å². The maximum Gasteiger partial charge on any atom is 0.240 e. The number of nitrogens with one attached hydrogen (secondary N) is 3. The van der Waals surface area contributed by atoms with Crippen molar-refractivity contribution < 1.29 is 9.59 Å². The molecule has 2 amide bonds. The molecule has 28 heavy (non-hydrogen) atoms. The van der Waals surface area contributed by atoms with E-state index in [-0.39, 0.29) is 18.2 Å². The summed E-state index contributed by atoms with van der Waals surface area (Å²) >= 11 is 1.25. The van der Waals surface area contributed by atoms with E-state index in [0.717, 1.165) is 22.1 Å². The molecule has 3 N–H and O–H groups in total. The molecule has 0 unspecified atom stereocenters. The molecular formula is C21H18N4O2S. The van der Waals surface area contributed by atoms with Crippen LogP contribution in [0, 0.1) is 0 Å². The predicted octanol–water partition coefficient (Wildman–Crippen LogP) is 3.78. The number of carbonyl (C=O) groups is 2. The summed E-state index contributed by atoms with van der Waals surface area (Å²) in [5.74, 6) is -0.423. The third kappa shape index (κ3) is 4.15. The van der Waals surface area contributed by atoms with Gasteiger partial charge in [0.15, 0.2) is 5.17 Å². The Morgan fingerprint density at radius 2 is 1.75 bits per heavy atom. The number of amidine groups is 1. The minimum absolute atomic E-state index is 0.0735. The number of anilines is 2. The molecule has 0 spiro atoms. The summed E-state index contributed by atoms with van der Waals surface area (Å²) in [6.07, 6.45) is 0.0735. The first-order valence-electron chi connectivity index (χ1n) is 8.83. The molecule has 0 radical (unpaired) electrons. The van der Waals surface area contributed by atoms with Gasteiger partial charge in [-0.05, 0) is 23.6 Å². The lowest BCUT2D eigenvalue weighted by atomic mass is 10.1. The van der Waals surface area contributed by atoms with Gasteiger partial charge in [-0.25, -0.2) is 0 Å². The fourth-order valence-electron chi connectivity index (χ4n) is 2.92. The van der Waals surface area contributed by atoms with Crippen LogP contribution in [0.4, 0.5) is 11.4 Å². The second-order valence-corrected chi connectivity index (χ2v) is 7.46. The van der Waals surface area contributed by atoms with Gasteiger partial charge in [0.2, 0.25) is 11.8 Å². The van der Waals surface area contributed by atoms with Gasteiger partial charge in [-0.15, -0.1) is 5.10 Å². The van der Waals surface area contributed by atoms with Crippen LogP contribution in [0.25, 0.3) is 10.8 Å². The van der Waals surface area contributed by atoms with Crippen LogP contribution >= 0.6 is 11.8 Å². The van der Waals surface area contributed by atoms with Gasteiger partial charge in [-0.2, -0.15) is 0 Å². The van der Waals surface area contributed by atoms with E-state index >= 15 is 0 Å². The molecule has 0 saturated carbocycles. The molecule has 1 aliphatic heterocycles. The number of nitrogens with zero attached hydrogens (tertiary/aromatic N) is 1. The van der Waals surface area contributed by atoms with E-state index < -0.39 is 5.25 Å². The number of para-hydroxylation sites is 1. The van der Waals surface area contributed by atoms with E-state index in [0.29, 0.717) is 5.17 Å². The minimum atomic E-state index is -0.508. The Morgan fingerprint density at radius 1 is 1.00 bits per heavy atom. The van der Waals surface area contributed by atoms with E-state index in [1.807, 2.05) is 72.8 Å². The first-order chi connectivity index (χ1) is 13.7. The number of benzene rings is 3. The summed E-state index contributed by atoms with van der Waals surface area (Å²) in [7, 11) is 0. The van der Waals surface area contributed by atoms with Crippen LogP contribution in [0.5, 0.6) is 0 Å². The number of fused-ring (bicyclic) bond motifs is 1. The first kappa shape index (κ1) is 18.1. The molecule has 0 aromatic heterocycles. The first-order valence-corrected chi connectivity index (χ1v) is 9.71. The second-order valence-electron chi connectivity index (χ2n) is 6.27. The largest absolute Gasteiger partial charge is 0.325 e. The monoisotopic (exact) mass is 390 g/mol. The Labute approximate surface area is 166 Å². The minimum Gasteiger partial charge on any atom is -0.325 e. The van der Waals surface area contributed by atoms with Crippen molar-refractivity contribution in [3.8, 4) is 0 Å². The normalized spacial score (nSPS) is 17.5. The Hall–Kier alpha value is -3.32. The highest BCUT2D eigenvalue weighted by atomic mass is 32.2. The summed E-state index contributed by atoms with van der Waals surface area (Å²) in [5, 5.41) is 11.8. The predicted molar refractivity (Wildman–Crippen MR) is 114 cm³/mol. The SMILES string of the molecule is O=C(C[C@@H]1SC(=NNc2ccccc2)NC1=O)Nc1cccc2ccccc12. The van der Waals surface area contributed by atoms with Crippen LogP contribution in [0.2, 0.25) is 0 Å². The van der Waals surface area contributed by atoms with Crippen molar-refractivity contribution in [1.29, 1.82) is 0 Å². The number of thioether (sulfide) groups is 1. The van der Waals surface area contributed by atoms with Crippen molar-refractivity contribution in [2.24, 2.45) is 5.10 Å². The molecule has 1 atom stereocenters. The van der Waals surface area contributed by atoms with E-state index in [1.54, 1.807) is 0 Å². The molecule has 3 aromatic carbocycles. The Bertz CT molecular complexity index is 1050. The molecule has 6 nitrogen and oxygen atoms in total. The van der Waals surface area contributed by atoms with Gasteiger partial charge < -0.3 is 10.6 Å². The highest BCUT2D eigenvalue weighted by Gasteiger charge is 2.32. The zero-order valence-electron chi connectivity index (χ0n) is 14.9. The van der Waals surface area contributed by atoms with Gasteiger partial charge in [0, 0.05) is 17.5 Å². The topological polar surface area (TPSA) is 82.6 Å². The standard InChI is InChI=1S/C21H18N4O2S/c26-19(22-17-12-6-8-14-7-4-5-11-16(14)17)13-18-20(27)23-21(28-18)25-24-15-9-2-1-3-10-15/h1-12,18,24H,13H2,(H,22,26)(H,23,25,27)/t18-/m0/s1. The lowest BCUT2D eigenvalue weighted by molar-refractivity contribution is -0.122. The van der Waals surface area contributed by atoms with E-state index in [2.05, 4.69) is 21.2 Å². The summed E-state index contributed by atoms with van der Waals surface area (Å²) in [5.41, 5.74) is 4.46. The average molecular weight is 390 g/mol. The van der Waals surface area contributed by atoms with Crippen molar-refractivity contribution in [3.63, 3.8) is 0 Å². The van der Waals surface area contributed by atoms with E-state index in [1.165, 1.54) is 11.8 Å². The Kier molecular flexibility index (Phi) is 5.25. The van der Waals surface area contributed by atoms with Crippen molar-refractivity contribution >= 4 is 50.9 Å². The average Bonchev–Trinajstić information content (AvgIpc) is 3.06. The lowest BCUT2D eigenvalue weighted by Crippen LogP contribution is -2.28. The third-order valence-corrected chi connectivity index (χ3v) is 5.35. The smallest absolute Gasteiger partial charge is 0.240 e. The van der Waals surface area contributed by atoms with Crippen molar-refractivity contribution in [3.05, 3.63) is 72.8 Å². The number of amides is 2. The summed E-state index contributed by atoms with van der Waals surface area (Å²) < 4.78 is 0. The van der Waals surface area contributed by atoms with Crippen LogP contribution in [0.1, 0.15) is 6.42 Å². The van der Waals surface area contributed by atoms with Gasteiger partial charge in [0.25, 0.3) is 0 Å². The van der Waals surface area contributed by atoms with E-state index in [4.69, 9.17) is 0 Å². The van der Waals surface area contributed by atoms with Crippen molar-refractivity contribution in [2.45, 2.75) is 11.7 Å². The maximum atomic E-state index is 12.5. The van der Waals surface area contributed by atoms with Crippen LogP contribution < -0.4 is 16.1 Å². The zero-order valence-corrected chi connectivity index (χ0v) is 15.7. The molecule has 140 valence electrons. The molecular weight excluding hydrogens is 372 g/mol. The molecule has 1 aliphatic rings. The molecule has 1 fully saturated rings. The fourth-order valence-corrected chi connectivity index (χ4v) is 3.85. The molecule has 3 aromatic rings. The highest BCUT2D eigenvalue weighted by Crippen LogP contribution is 2.26. The maximum absolute atomic E-state index is 12.5. The van der Waals surface area contributed by atoms with Gasteiger partial charge in [-0.3, -0.25) is 15.0 Å². The van der Waals surface area contributed by atoms with Crippen LogP contribution in [-0.2, 0) is 9.59 Å². The van der Waals surface area contributed by atoms with Gasteiger partial charge >= 0.3 is 0 Å². The zero-order chi connectivity index (χ0) is 19.3. The number of carbonyl (C=O) groups excluding carboxylic acids is 2. The molecule has 4 rings (SSSR count). The highest BCUT2D eigenvalue weighted by molar-refractivity contribution is 8.15. The number of hydrogen-bond donors (Lipinski definition) is 3. The van der Waals surface area contributed by atoms with Gasteiger partial charge in [-0.1, -0.05) is 66.4 Å². The molecule has 0 bridgehead atoms. The Balaban J connectivity index is 1.38. The summed E-state index contributed by atoms with van der Waals surface area (Å²) in [6, 6.07) is 23.0. The Morgan fingerprint density at radius 3 is 2.61 bits per heavy atom. The third-order valence-electron chi connectivity index (χ3n) is 4.27. The van der Waals surface area contributed by atoms with Gasteiger partial charge in [0.1, 0.15) is 5.25 Å². The number of hydrogen-bond acceptors (Lipinski definition) is 5. The van der Waals surface area contributed by atoms with Crippen LogP contribution in [0.3, 0.4) is 0 Å². The fraction of sp³-hybridized carbons (Fsp3) is 0.0952. The molecule has 0 aliphatic carbocycles. The lowest BCUT2D eigenvalue weighted by Gasteiger charge is -2.10.